The smallest absolute Gasteiger partial charge is 0.272 e. The molecule has 1 N–H and O–H groups in total. The number of nitrogens with zero attached hydrogens (tertiary/aromatic N) is 2. The Labute approximate surface area is 110 Å². The van der Waals surface area contributed by atoms with Crippen molar-refractivity contribution in [3.63, 3.8) is 0 Å². The van der Waals surface area contributed by atoms with E-state index in [1.54, 1.807) is 6.07 Å². The zero-order valence-corrected chi connectivity index (χ0v) is 11.7. The molecule has 84 valence electrons. The molecule has 0 spiro atoms. The highest BCUT2D eigenvalue weighted by molar-refractivity contribution is 9.11. The topological polar surface area (TPSA) is 65.8 Å². The predicted molar refractivity (Wildman–Crippen MR) is 66.8 cm³/mol. The lowest BCUT2D eigenvalue weighted by Crippen LogP contribution is -2.33. The fraction of sp³-hybridized carbons (Fsp3) is 0.300. The summed E-state index contributed by atoms with van der Waals surface area (Å²) in [5.74, 6) is -0.354. The molecule has 1 unspecified atom stereocenters. The van der Waals surface area contributed by atoms with Gasteiger partial charge in [-0.15, -0.1) is 0 Å². The molecule has 1 heterocycles. The van der Waals surface area contributed by atoms with Gasteiger partial charge in [-0.05, 0) is 44.3 Å². The molecule has 0 aliphatic rings. The third-order valence-corrected chi connectivity index (χ3v) is 2.93. The molecule has 16 heavy (non-hydrogen) atoms. The van der Waals surface area contributed by atoms with Crippen LogP contribution in [0.2, 0.25) is 0 Å². The van der Waals surface area contributed by atoms with Crippen LogP contribution in [0, 0.1) is 11.3 Å². The SMILES string of the molecule is CCC(C#N)NC(=O)c1ncc(Br)cc1Br. The van der Waals surface area contributed by atoms with Gasteiger partial charge in [-0.3, -0.25) is 4.79 Å². The Kier molecular flexibility index (Phi) is 4.90. The van der Waals surface area contributed by atoms with E-state index in [2.05, 4.69) is 42.2 Å². The third-order valence-electron chi connectivity index (χ3n) is 1.89. The number of halogens is 2. The summed E-state index contributed by atoms with van der Waals surface area (Å²) in [6.07, 6.45) is 2.10. The molecule has 1 aromatic heterocycles. The zero-order valence-electron chi connectivity index (χ0n) is 8.50. The minimum atomic E-state index is -0.482. The van der Waals surface area contributed by atoms with Crippen LogP contribution in [-0.4, -0.2) is 16.9 Å². The highest BCUT2D eigenvalue weighted by Gasteiger charge is 2.15. The molecule has 0 radical (unpaired) electrons. The van der Waals surface area contributed by atoms with Crippen LogP contribution in [0.1, 0.15) is 23.8 Å². The van der Waals surface area contributed by atoms with Gasteiger partial charge in [0.15, 0.2) is 0 Å². The predicted octanol–water partition coefficient (Wildman–Crippen LogP) is 2.64. The molecule has 1 amide bonds. The van der Waals surface area contributed by atoms with Gasteiger partial charge < -0.3 is 5.32 Å². The minimum Gasteiger partial charge on any atom is -0.335 e. The average Bonchev–Trinajstić information content (AvgIpc) is 2.25. The van der Waals surface area contributed by atoms with E-state index in [0.29, 0.717) is 10.9 Å². The summed E-state index contributed by atoms with van der Waals surface area (Å²) in [4.78, 5) is 15.7. The average molecular weight is 347 g/mol. The fourth-order valence-electron chi connectivity index (χ4n) is 1.03. The van der Waals surface area contributed by atoms with Crippen LogP contribution in [-0.2, 0) is 0 Å². The number of nitrogens with one attached hydrogen (secondary N) is 1. The number of hydrogen-bond donors (Lipinski definition) is 1. The Morgan fingerprint density at radius 2 is 2.38 bits per heavy atom. The zero-order chi connectivity index (χ0) is 12.1. The molecule has 4 nitrogen and oxygen atoms in total. The van der Waals surface area contributed by atoms with Crippen LogP contribution >= 0.6 is 31.9 Å². The maximum absolute atomic E-state index is 11.7. The lowest BCUT2D eigenvalue weighted by molar-refractivity contribution is 0.0939. The summed E-state index contributed by atoms with van der Waals surface area (Å²) in [6.45, 7) is 1.83. The first kappa shape index (κ1) is 13.1. The van der Waals surface area contributed by atoms with E-state index in [4.69, 9.17) is 5.26 Å². The number of pyridine rings is 1. The molecule has 6 heteroatoms. The van der Waals surface area contributed by atoms with Gasteiger partial charge in [-0.2, -0.15) is 5.26 Å². The number of aromatic nitrogens is 1. The van der Waals surface area contributed by atoms with E-state index in [0.717, 1.165) is 4.47 Å². The quantitative estimate of drug-likeness (QED) is 0.914. The van der Waals surface area contributed by atoms with Gasteiger partial charge in [-0.1, -0.05) is 6.92 Å². The van der Waals surface area contributed by atoms with E-state index in [-0.39, 0.29) is 11.6 Å². The van der Waals surface area contributed by atoms with Crippen LogP contribution < -0.4 is 5.32 Å². The molecule has 0 saturated heterocycles. The van der Waals surface area contributed by atoms with E-state index >= 15 is 0 Å². The van der Waals surface area contributed by atoms with Crippen molar-refractivity contribution >= 4 is 37.8 Å². The Morgan fingerprint density at radius 1 is 1.69 bits per heavy atom. The van der Waals surface area contributed by atoms with Crippen LogP contribution in [0.15, 0.2) is 21.2 Å². The highest BCUT2D eigenvalue weighted by atomic mass is 79.9. The largest absolute Gasteiger partial charge is 0.335 e. The van der Waals surface area contributed by atoms with Crippen molar-refractivity contribution in [2.24, 2.45) is 0 Å². The summed E-state index contributed by atoms with van der Waals surface area (Å²) < 4.78 is 1.37. The molecule has 0 aliphatic carbocycles. The summed E-state index contributed by atoms with van der Waals surface area (Å²) >= 11 is 6.49. The Balaban J connectivity index is 2.85. The van der Waals surface area contributed by atoms with Crippen LogP contribution in [0.25, 0.3) is 0 Å². The van der Waals surface area contributed by atoms with Gasteiger partial charge >= 0.3 is 0 Å². The van der Waals surface area contributed by atoms with Gasteiger partial charge in [0.2, 0.25) is 0 Å². The molecular formula is C10H9Br2N3O. The molecule has 1 rings (SSSR count). The van der Waals surface area contributed by atoms with Crippen LogP contribution in [0.5, 0.6) is 0 Å². The lowest BCUT2D eigenvalue weighted by atomic mass is 10.2. The molecule has 0 saturated carbocycles. The van der Waals surface area contributed by atoms with Crippen molar-refractivity contribution in [3.8, 4) is 6.07 Å². The van der Waals surface area contributed by atoms with Gasteiger partial charge in [0, 0.05) is 10.7 Å². The van der Waals surface area contributed by atoms with E-state index in [1.807, 2.05) is 13.0 Å². The first-order valence-corrected chi connectivity index (χ1v) is 6.18. The summed E-state index contributed by atoms with van der Waals surface area (Å²) in [5, 5.41) is 11.3. The van der Waals surface area contributed by atoms with Gasteiger partial charge in [-0.25, -0.2) is 4.98 Å². The molecule has 0 aromatic carbocycles. The first-order chi connectivity index (χ1) is 7.58. The number of hydrogen-bond acceptors (Lipinski definition) is 3. The van der Waals surface area contributed by atoms with Crippen molar-refractivity contribution in [1.29, 1.82) is 5.26 Å². The number of amides is 1. The van der Waals surface area contributed by atoms with E-state index in [9.17, 15) is 4.79 Å². The molecule has 0 aliphatic heterocycles. The minimum absolute atomic E-state index is 0.275. The van der Waals surface area contributed by atoms with Crippen LogP contribution in [0.4, 0.5) is 0 Å². The van der Waals surface area contributed by atoms with Crippen molar-refractivity contribution in [2.45, 2.75) is 19.4 Å². The Bertz CT molecular complexity index is 442. The Morgan fingerprint density at radius 3 is 2.88 bits per heavy atom. The second-order valence-electron chi connectivity index (χ2n) is 3.05. The van der Waals surface area contributed by atoms with E-state index < -0.39 is 6.04 Å². The van der Waals surface area contributed by atoms with Gasteiger partial charge in [0.05, 0.1) is 10.5 Å². The standard InChI is InChI=1S/C10H9Br2N3O/c1-2-7(4-13)15-10(16)9-8(12)3-6(11)5-14-9/h3,5,7H,2H2,1H3,(H,15,16). The summed E-state index contributed by atoms with van der Waals surface area (Å²) in [5.41, 5.74) is 0.275. The maximum Gasteiger partial charge on any atom is 0.272 e. The lowest BCUT2D eigenvalue weighted by Gasteiger charge is -2.09. The third kappa shape index (κ3) is 3.29. The molecule has 1 atom stereocenters. The molecule has 1 aromatic rings. The second kappa shape index (κ2) is 5.97. The summed E-state index contributed by atoms with van der Waals surface area (Å²) in [7, 11) is 0. The van der Waals surface area contributed by atoms with Gasteiger partial charge in [0.1, 0.15) is 11.7 Å². The number of carbonyl (C=O) groups is 1. The molecular weight excluding hydrogens is 338 g/mol. The van der Waals surface area contributed by atoms with Crippen molar-refractivity contribution in [3.05, 3.63) is 26.9 Å². The highest BCUT2D eigenvalue weighted by Crippen LogP contribution is 2.19. The van der Waals surface area contributed by atoms with Crippen LogP contribution in [0.3, 0.4) is 0 Å². The van der Waals surface area contributed by atoms with Crippen molar-refractivity contribution < 1.29 is 4.79 Å². The second-order valence-corrected chi connectivity index (χ2v) is 4.82. The Hall–Kier alpha value is -0.930. The van der Waals surface area contributed by atoms with Crippen molar-refractivity contribution in [1.82, 2.24) is 10.3 Å². The number of rotatable bonds is 3. The fourth-order valence-corrected chi connectivity index (χ4v) is 2.20. The molecule has 0 bridgehead atoms. The number of carbonyl (C=O) groups excluding carboxylic acids is 1. The summed E-state index contributed by atoms with van der Waals surface area (Å²) in [6, 6.07) is 3.25. The monoisotopic (exact) mass is 345 g/mol. The van der Waals surface area contributed by atoms with E-state index in [1.165, 1.54) is 6.20 Å². The number of nitriles is 1. The maximum atomic E-state index is 11.7. The van der Waals surface area contributed by atoms with Gasteiger partial charge in [0.25, 0.3) is 5.91 Å². The normalized spacial score (nSPS) is 11.6. The first-order valence-electron chi connectivity index (χ1n) is 4.60. The molecule has 0 fully saturated rings. The van der Waals surface area contributed by atoms with Crippen molar-refractivity contribution in [2.75, 3.05) is 0 Å².